The lowest BCUT2D eigenvalue weighted by atomic mass is 10.1. The minimum atomic E-state index is -0.689. The molecule has 2 rings (SSSR count). The summed E-state index contributed by atoms with van der Waals surface area (Å²) in [4.78, 5) is 0. The van der Waals surface area contributed by atoms with E-state index in [9.17, 15) is 5.11 Å². The Hall–Kier alpha value is -2.82. The SMILES string of the molecule is C[C@@H](O)c1ccc(C#N)cc1Oc1ccc(CC#N)cc1. The standard InChI is InChI=1S/C17H14N2O2/c1-12(20)16-7-4-14(11-19)10-17(16)21-15-5-2-13(3-6-15)8-9-18/h2-7,10,12,20H,8H2,1H3/t12-/m1/s1. The van der Waals surface area contributed by atoms with Crippen LogP contribution in [0.5, 0.6) is 11.5 Å². The lowest BCUT2D eigenvalue weighted by Crippen LogP contribution is -1.97. The number of aliphatic hydroxyl groups is 1. The van der Waals surface area contributed by atoms with Gasteiger partial charge in [-0.3, -0.25) is 0 Å². The third-order valence-electron chi connectivity index (χ3n) is 3.03. The van der Waals surface area contributed by atoms with Gasteiger partial charge in [-0.1, -0.05) is 18.2 Å². The van der Waals surface area contributed by atoms with Crippen LogP contribution >= 0.6 is 0 Å². The minimum absolute atomic E-state index is 0.350. The quantitative estimate of drug-likeness (QED) is 0.928. The number of benzene rings is 2. The van der Waals surface area contributed by atoms with Gasteiger partial charge >= 0.3 is 0 Å². The van der Waals surface area contributed by atoms with E-state index < -0.39 is 6.10 Å². The first-order valence-corrected chi connectivity index (χ1v) is 6.50. The van der Waals surface area contributed by atoms with Crippen LogP contribution in [-0.4, -0.2) is 5.11 Å². The fraction of sp³-hybridized carbons (Fsp3) is 0.176. The number of ether oxygens (including phenoxy) is 1. The number of rotatable bonds is 4. The largest absolute Gasteiger partial charge is 0.457 e. The Morgan fingerprint density at radius 1 is 1.14 bits per heavy atom. The van der Waals surface area contributed by atoms with Crippen LogP contribution in [0.2, 0.25) is 0 Å². The van der Waals surface area contributed by atoms with E-state index in [-0.39, 0.29) is 0 Å². The van der Waals surface area contributed by atoms with Gasteiger partial charge in [-0.05, 0) is 36.8 Å². The Bertz CT molecular complexity index is 707. The lowest BCUT2D eigenvalue weighted by Gasteiger charge is -2.13. The van der Waals surface area contributed by atoms with Crippen molar-refractivity contribution in [1.82, 2.24) is 0 Å². The van der Waals surface area contributed by atoms with Crippen molar-refractivity contribution in [3.05, 3.63) is 59.2 Å². The molecule has 0 fully saturated rings. The van der Waals surface area contributed by atoms with Crippen molar-refractivity contribution >= 4 is 0 Å². The highest BCUT2D eigenvalue weighted by molar-refractivity contribution is 5.45. The second-order valence-electron chi connectivity index (χ2n) is 4.62. The molecule has 4 heteroatoms. The highest BCUT2D eigenvalue weighted by Gasteiger charge is 2.11. The van der Waals surface area contributed by atoms with Gasteiger partial charge in [0.25, 0.3) is 0 Å². The Labute approximate surface area is 123 Å². The van der Waals surface area contributed by atoms with Crippen molar-refractivity contribution in [2.45, 2.75) is 19.4 Å². The first-order valence-electron chi connectivity index (χ1n) is 6.50. The molecule has 0 unspecified atom stereocenters. The smallest absolute Gasteiger partial charge is 0.134 e. The van der Waals surface area contributed by atoms with E-state index in [2.05, 4.69) is 6.07 Å². The van der Waals surface area contributed by atoms with Crippen LogP contribution in [-0.2, 0) is 6.42 Å². The molecule has 4 nitrogen and oxygen atoms in total. The zero-order valence-corrected chi connectivity index (χ0v) is 11.6. The first-order chi connectivity index (χ1) is 10.1. The zero-order chi connectivity index (χ0) is 15.2. The van der Waals surface area contributed by atoms with E-state index in [0.717, 1.165) is 5.56 Å². The van der Waals surface area contributed by atoms with Gasteiger partial charge in [0.15, 0.2) is 0 Å². The van der Waals surface area contributed by atoms with Crippen LogP contribution in [0.3, 0.4) is 0 Å². The molecule has 0 saturated heterocycles. The second kappa shape index (κ2) is 6.56. The van der Waals surface area contributed by atoms with E-state index in [1.54, 1.807) is 37.3 Å². The van der Waals surface area contributed by atoms with Crippen LogP contribution in [0.4, 0.5) is 0 Å². The third kappa shape index (κ3) is 3.60. The van der Waals surface area contributed by atoms with Gasteiger partial charge < -0.3 is 9.84 Å². The van der Waals surface area contributed by atoms with Crippen molar-refractivity contribution in [3.8, 4) is 23.6 Å². The van der Waals surface area contributed by atoms with Gasteiger partial charge in [0.05, 0.1) is 30.2 Å². The van der Waals surface area contributed by atoms with Gasteiger partial charge in [0.2, 0.25) is 0 Å². The van der Waals surface area contributed by atoms with Gasteiger partial charge in [0, 0.05) is 5.56 Å². The number of nitriles is 2. The average molecular weight is 278 g/mol. The lowest BCUT2D eigenvalue weighted by molar-refractivity contribution is 0.195. The number of nitrogens with zero attached hydrogens (tertiary/aromatic N) is 2. The molecule has 0 bridgehead atoms. The van der Waals surface area contributed by atoms with Crippen molar-refractivity contribution in [1.29, 1.82) is 10.5 Å². The van der Waals surface area contributed by atoms with Crippen LogP contribution in [0.15, 0.2) is 42.5 Å². The second-order valence-corrected chi connectivity index (χ2v) is 4.62. The summed E-state index contributed by atoms with van der Waals surface area (Å²) in [6.07, 6.45) is -0.339. The molecule has 0 radical (unpaired) electrons. The van der Waals surface area contributed by atoms with E-state index in [4.69, 9.17) is 15.3 Å². The van der Waals surface area contributed by atoms with E-state index in [1.165, 1.54) is 0 Å². The van der Waals surface area contributed by atoms with Gasteiger partial charge in [0.1, 0.15) is 11.5 Å². The first kappa shape index (κ1) is 14.6. The molecule has 0 aliphatic rings. The molecule has 0 heterocycles. The summed E-state index contributed by atoms with van der Waals surface area (Å²) in [6, 6.07) is 16.2. The van der Waals surface area contributed by atoms with Gasteiger partial charge in [-0.2, -0.15) is 10.5 Å². The Morgan fingerprint density at radius 2 is 1.86 bits per heavy atom. The normalized spacial score (nSPS) is 11.2. The maximum atomic E-state index is 9.76. The van der Waals surface area contributed by atoms with Crippen LogP contribution in [0, 0.1) is 22.7 Å². The Kier molecular flexibility index (Phi) is 4.56. The van der Waals surface area contributed by atoms with Crippen molar-refractivity contribution in [2.24, 2.45) is 0 Å². The summed E-state index contributed by atoms with van der Waals surface area (Å²) in [6.45, 7) is 1.64. The molecule has 2 aromatic rings. The number of aliphatic hydroxyl groups excluding tert-OH is 1. The number of hydrogen-bond acceptors (Lipinski definition) is 4. The van der Waals surface area contributed by atoms with Crippen LogP contribution in [0.25, 0.3) is 0 Å². The average Bonchev–Trinajstić information content (AvgIpc) is 2.49. The minimum Gasteiger partial charge on any atom is -0.457 e. The highest BCUT2D eigenvalue weighted by Crippen LogP contribution is 2.30. The summed E-state index contributed by atoms with van der Waals surface area (Å²) in [5.74, 6) is 1.05. The van der Waals surface area contributed by atoms with E-state index >= 15 is 0 Å². The molecule has 0 aliphatic carbocycles. The molecule has 0 spiro atoms. The molecule has 2 aromatic carbocycles. The predicted molar refractivity (Wildman–Crippen MR) is 77.6 cm³/mol. The van der Waals surface area contributed by atoms with Crippen molar-refractivity contribution < 1.29 is 9.84 Å². The zero-order valence-electron chi connectivity index (χ0n) is 11.6. The summed E-state index contributed by atoms with van der Waals surface area (Å²) in [5.41, 5.74) is 2.00. The van der Waals surface area contributed by atoms with Crippen LogP contribution in [0.1, 0.15) is 29.7 Å². The van der Waals surface area contributed by atoms with Crippen LogP contribution < -0.4 is 4.74 Å². The molecule has 0 amide bonds. The molecule has 1 atom stereocenters. The predicted octanol–water partition coefficient (Wildman–Crippen LogP) is 3.47. The molecule has 104 valence electrons. The monoisotopic (exact) mass is 278 g/mol. The maximum Gasteiger partial charge on any atom is 0.134 e. The fourth-order valence-electron chi connectivity index (χ4n) is 1.93. The Balaban J connectivity index is 2.29. The molecule has 0 saturated carbocycles. The Morgan fingerprint density at radius 3 is 2.43 bits per heavy atom. The molecular weight excluding hydrogens is 264 g/mol. The number of hydrogen-bond donors (Lipinski definition) is 1. The van der Waals surface area contributed by atoms with E-state index in [0.29, 0.717) is 29.0 Å². The molecule has 1 N–H and O–H groups in total. The summed E-state index contributed by atoms with van der Waals surface area (Å²) < 4.78 is 5.75. The van der Waals surface area contributed by atoms with Crippen molar-refractivity contribution in [3.63, 3.8) is 0 Å². The van der Waals surface area contributed by atoms with Gasteiger partial charge in [-0.15, -0.1) is 0 Å². The maximum absolute atomic E-state index is 9.76. The van der Waals surface area contributed by atoms with Gasteiger partial charge in [-0.25, -0.2) is 0 Å². The van der Waals surface area contributed by atoms with E-state index in [1.807, 2.05) is 18.2 Å². The highest BCUT2D eigenvalue weighted by atomic mass is 16.5. The molecule has 0 aliphatic heterocycles. The molecule has 21 heavy (non-hydrogen) atoms. The topological polar surface area (TPSA) is 77.0 Å². The van der Waals surface area contributed by atoms with Crippen molar-refractivity contribution in [2.75, 3.05) is 0 Å². The summed E-state index contributed by atoms with van der Waals surface area (Å²) in [7, 11) is 0. The summed E-state index contributed by atoms with van der Waals surface area (Å²) in [5, 5.41) is 27.4. The third-order valence-corrected chi connectivity index (χ3v) is 3.03. The summed E-state index contributed by atoms with van der Waals surface area (Å²) >= 11 is 0. The fourth-order valence-corrected chi connectivity index (χ4v) is 1.93. The molecule has 0 aromatic heterocycles. The molecular formula is C17H14N2O2.